The minimum Gasteiger partial charge on any atom is -0.226 e. The Morgan fingerprint density at radius 2 is 1.50 bits per heavy atom. The van der Waals surface area contributed by atoms with Crippen LogP contribution in [0.4, 0.5) is 0 Å². The van der Waals surface area contributed by atoms with Gasteiger partial charge < -0.3 is 0 Å². The predicted molar refractivity (Wildman–Crippen MR) is 129 cm³/mol. The Kier molecular flexibility index (Phi) is 5.01. The van der Waals surface area contributed by atoms with Crippen molar-refractivity contribution in [3.05, 3.63) is 102 Å². The standard InChI is InChI=1S/C28H22N4/c1-3-20-14-16-22(17-15-20)27-24(18-29)26(21-10-6-4-7-11-21)25-19(2)31-32(28(25)30-27)23-12-8-5-9-13-23/h4-17H,3H2,1-2H3. The number of nitriles is 1. The monoisotopic (exact) mass is 414 g/mol. The molecule has 5 aromatic rings. The molecule has 4 nitrogen and oxygen atoms in total. The molecule has 0 unspecified atom stereocenters. The second-order valence-electron chi connectivity index (χ2n) is 7.77. The zero-order valence-corrected chi connectivity index (χ0v) is 18.1. The van der Waals surface area contributed by atoms with Gasteiger partial charge in [-0.3, -0.25) is 0 Å². The summed E-state index contributed by atoms with van der Waals surface area (Å²) in [5, 5.41) is 16.0. The summed E-state index contributed by atoms with van der Waals surface area (Å²) in [5.41, 5.74) is 7.83. The van der Waals surface area contributed by atoms with Gasteiger partial charge in [-0.1, -0.05) is 79.7 Å². The average Bonchev–Trinajstić information content (AvgIpc) is 3.20. The van der Waals surface area contributed by atoms with Crippen LogP contribution in [0.1, 0.15) is 23.7 Å². The fourth-order valence-corrected chi connectivity index (χ4v) is 4.18. The third-order valence-electron chi connectivity index (χ3n) is 5.80. The minimum atomic E-state index is 0.573. The van der Waals surface area contributed by atoms with E-state index in [1.807, 2.05) is 72.3 Å². The van der Waals surface area contributed by atoms with Crippen LogP contribution in [0.5, 0.6) is 0 Å². The Hall–Kier alpha value is -4.23. The highest BCUT2D eigenvalue weighted by Gasteiger charge is 2.23. The van der Waals surface area contributed by atoms with Crippen molar-refractivity contribution in [2.75, 3.05) is 0 Å². The fourth-order valence-electron chi connectivity index (χ4n) is 4.18. The van der Waals surface area contributed by atoms with Crippen LogP contribution in [0.25, 0.3) is 39.1 Å². The van der Waals surface area contributed by atoms with Gasteiger partial charge in [-0.05, 0) is 36.6 Å². The van der Waals surface area contributed by atoms with Crippen molar-refractivity contribution in [3.63, 3.8) is 0 Å². The van der Waals surface area contributed by atoms with E-state index in [9.17, 15) is 5.26 Å². The Bertz CT molecular complexity index is 1440. The number of hydrogen-bond acceptors (Lipinski definition) is 3. The maximum Gasteiger partial charge on any atom is 0.164 e. The highest BCUT2D eigenvalue weighted by molar-refractivity contribution is 6.01. The van der Waals surface area contributed by atoms with E-state index in [0.717, 1.165) is 45.5 Å². The molecule has 154 valence electrons. The van der Waals surface area contributed by atoms with E-state index in [0.29, 0.717) is 11.3 Å². The van der Waals surface area contributed by atoms with Gasteiger partial charge in [0.2, 0.25) is 0 Å². The normalized spacial score (nSPS) is 10.9. The van der Waals surface area contributed by atoms with Crippen LogP contribution in [-0.4, -0.2) is 14.8 Å². The van der Waals surface area contributed by atoms with Crippen molar-refractivity contribution in [2.24, 2.45) is 0 Å². The number of aromatic nitrogens is 3. The first-order valence-electron chi connectivity index (χ1n) is 10.7. The van der Waals surface area contributed by atoms with Gasteiger partial charge >= 0.3 is 0 Å². The van der Waals surface area contributed by atoms with Gasteiger partial charge in [0.1, 0.15) is 6.07 Å². The second-order valence-corrected chi connectivity index (χ2v) is 7.77. The quantitative estimate of drug-likeness (QED) is 0.337. The summed E-state index contributed by atoms with van der Waals surface area (Å²) in [5.74, 6) is 0. The van der Waals surface area contributed by atoms with Crippen molar-refractivity contribution in [1.29, 1.82) is 5.26 Å². The van der Waals surface area contributed by atoms with Crippen LogP contribution in [-0.2, 0) is 6.42 Å². The Labute approximate surface area is 187 Å². The van der Waals surface area contributed by atoms with Crippen LogP contribution in [0, 0.1) is 18.3 Å². The van der Waals surface area contributed by atoms with Crippen LogP contribution in [0.2, 0.25) is 0 Å². The number of para-hydroxylation sites is 1. The molecule has 0 bridgehead atoms. The van der Waals surface area contributed by atoms with Gasteiger partial charge in [0.15, 0.2) is 5.65 Å². The highest BCUT2D eigenvalue weighted by Crippen LogP contribution is 2.38. The molecule has 0 radical (unpaired) electrons. The fraction of sp³-hybridized carbons (Fsp3) is 0.107. The molecule has 4 heteroatoms. The third-order valence-corrected chi connectivity index (χ3v) is 5.80. The van der Waals surface area contributed by atoms with Crippen molar-refractivity contribution < 1.29 is 0 Å². The zero-order chi connectivity index (χ0) is 22.1. The maximum absolute atomic E-state index is 10.3. The molecule has 5 rings (SSSR count). The summed E-state index contributed by atoms with van der Waals surface area (Å²) in [6, 6.07) is 30.8. The molecule has 2 heterocycles. The predicted octanol–water partition coefficient (Wildman–Crippen LogP) is 6.50. The molecule has 0 fully saturated rings. The van der Waals surface area contributed by atoms with E-state index < -0.39 is 0 Å². The third kappa shape index (κ3) is 3.25. The Morgan fingerprint density at radius 3 is 2.12 bits per heavy atom. The number of aryl methyl sites for hydroxylation is 2. The number of hydrogen-bond donors (Lipinski definition) is 0. The summed E-state index contributed by atoms with van der Waals surface area (Å²) in [7, 11) is 0. The lowest BCUT2D eigenvalue weighted by atomic mass is 9.93. The molecule has 0 aliphatic heterocycles. The van der Waals surface area contributed by atoms with Gasteiger partial charge in [-0.25, -0.2) is 9.67 Å². The lowest BCUT2D eigenvalue weighted by Gasteiger charge is -2.13. The first-order chi connectivity index (χ1) is 15.7. The number of benzene rings is 3. The summed E-state index contributed by atoms with van der Waals surface area (Å²) in [4.78, 5) is 5.03. The molecule has 0 atom stereocenters. The smallest absolute Gasteiger partial charge is 0.164 e. The van der Waals surface area contributed by atoms with Gasteiger partial charge in [0.05, 0.1) is 28.0 Å². The van der Waals surface area contributed by atoms with Crippen molar-refractivity contribution in [3.8, 4) is 34.1 Å². The van der Waals surface area contributed by atoms with Gasteiger partial charge in [-0.2, -0.15) is 10.4 Å². The van der Waals surface area contributed by atoms with E-state index in [1.54, 1.807) is 0 Å². The number of rotatable bonds is 4. The lowest BCUT2D eigenvalue weighted by molar-refractivity contribution is 0.878. The van der Waals surface area contributed by atoms with Gasteiger partial charge in [0, 0.05) is 11.1 Å². The largest absolute Gasteiger partial charge is 0.226 e. The van der Waals surface area contributed by atoms with Crippen LogP contribution in [0.3, 0.4) is 0 Å². The van der Waals surface area contributed by atoms with E-state index in [1.165, 1.54) is 5.56 Å². The molecule has 2 aromatic heterocycles. The molecule has 0 amide bonds. The van der Waals surface area contributed by atoms with Gasteiger partial charge in [0.25, 0.3) is 0 Å². The molecule has 0 aliphatic rings. The topological polar surface area (TPSA) is 54.5 Å². The van der Waals surface area contributed by atoms with E-state index in [4.69, 9.17) is 10.1 Å². The molecule has 0 N–H and O–H groups in total. The number of fused-ring (bicyclic) bond motifs is 1. The number of nitrogens with zero attached hydrogens (tertiary/aromatic N) is 4. The Balaban J connectivity index is 1.91. The second kappa shape index (κ2) is 8.13. The van der Waals surface area contributed by atoms with Gasteiger partial charge in [-0.15, -0.1) is 0 Å². The first kappa shape index (κ1) is 19.7. The maximum atomic E-state index is 10.3. The SMILES string of the molecule is CCc1ccc(-c2nc3c(c(C)nn3-c3ccccc3)c(-c3ccccc3)c2C#N)cc1. The van der Waals surface area contributed by atoms with E-state index >= 15 is 0 Å². The molecular weight excluding hydrogens is 392 g/mol. The summed E-state index contributed by atoms with van der Waals surface area (Å²) in [6.07, 6.45) is 0.965. The molecule has 0 saturated carbocycles. The average molecular weight is 415 g/mol. The summed E-state index contributed by atoms with van der Waals surface area (Å²) < 4.78 is 1.88. The van der Waals surface area contributed by atoms with Crippen molar-refractivity contribution >= 4 is 11.0 Å². The molecule has 32 heavy (non-hydrogen) atoms. The van der Waals surface area contributed by atoms with Crippen LogP contribution in [0.15, 0.2) is 84.9 Å². The summed E-state index contributed by atoms with van der Waals surface area (Å²) >= 11 is 0. The lowest BCUT2D eigenvalue weighted by Crippen LogP contribution is -2.01. The summed E-state index contributed by atoms with van der Waals surface area (Å²) in [6.45, 7) is 4.11. The van der Waals surface area contributed by atoms with Crippen LogP contribution >= 0.6 is 0 Å². The Morgan fingerprint density at radius 1 is 0.844 bits per heavy atom. The van der Waals surface area contributed by atoms with Crippen molar-refractivity contribution in [1.82, 2.24) is 14.8 Å². The molecule has 0 saturated heterocycles. The zero-order valence-electron chi connectivity index (χ0n) is 18.1. The molecule has 0 spiro atoms. The minimum absolute atomic E-state index is 0.573. The first-order valence-corrected chi connectivity index (χ1v) is 10.7. The molecule has 3 aromatic carbocycles. The molecular formula is C28H22N4. The number of pyridine rings is 1. The van der Waals surface area contributed by atoms with Crippen molar-refractivity contribution in [2.45, 2.75) is 20.3 Å². The van der Waals surface area contributed by atoms with E-state index in [-0.39, 0.29) is 0 Å². The highest BCUT2D eigenvalue weighted by atomic mass is 15.3. The molecule has 0 aliphatic carbocycles. The van der Waals surface area contributed by atoms with E-state index in [2.05, 4.69) is 37.3 Å². The van der Waals surface area contributed by atoms with Crippen LogP contribution < -0.4 is 0 Å².